The van der Waals surface area contributed by atoms with Crippen molar-refractivity contribution < 1.29 is 13.2 Å². The van der Waals surface area contributed by atoms with Crippen molar-refractivity contribution in [3.8, 4) is 0 Å². The minimum absolute atomic E-state index is 0.0430. The average Bonchev–Trinajstić information content (AvgIpc) is 2.38. The molecule has 1 aromatic heterocycles. The second-order valence-electron chi connectivity index (χ2n) is 4.83. The van der Waals surface area contributed by atoms with Crippen molar-refractivity contribution in [1.29, 1.82) is 0 Å². The first kappa shape index (κ1) is 14.1. The molecule has 19 heavy (non-hydrogen) atoms. The van der Waals surface area contributed by atoms with Gasteiger partial charge < -0.3 is 4.74 Å². The number of nitrogens with one attached hydrogen (secondary N) is 1. The van der Waals surface area contributed by atoms with Crippen LogP contribution in [-0.4, -0.2) is 48.0 Å². The molecule has 0 saturated carbocycles. The predicted molar refractivity (Wildman–Crippen MR) is 68.6 cm³/mol. The molecule has 1 aliphatic rings. The zero-order valence-corrected chi connectivity index (χ0v) is 11.6. The monoisotopic (exact) mass is 287 g/mol. The largest absolute Gasteiger partial charge is 0.378 e. The van der Waals surface area contributed by atoms with Crippen LogP contribution in [0.5, 0.6) is 0 Å². The smallest absolute Gasteiger partial charge is 0.246 e. The standard InChI is InChI=1S/C10H17N5O3S/c1-10(2)7-18-4-3-15(10)19(16,17)8-5-12-9(14-11)13-6-8/h5-6H,3-4,7,11H2,1-2H3,(H,12,13,14). The fourth-order valence-electron chi connectivity index (χ4n) is 1.94. The van der Waals surface area contributed by atoms with Gasteiger partial charge in [0, 0.05) is 6.54 Å². The van der Waals surface area contributed by atoms with E-state index in [4.69, 9.17) is 10.6 Å². The summed E-state index contributed by atoms with van der Waals surface area (Å²) in [5.74, 6) is 5.31. The third-order valence-corrected chi connectivity index (χ3v) is 4.98. The molecule has 1 fully saturated rings. The van der Waals surface area contributed by atoms with Crippen molar-refractivity contribution >= 4 is 16.0 Å². The first-order valence-corrected chi connectivity index (χ1v) is 7.21. The van der Waals surface area contributed by atoms with Gasteiger partial charge in [0.2, 0.25) is 16.0 Å². The molecule has 9 heteroatoms. The molecular weight excluding hydrogens is 270 g/mol. The Labute approximate surface area is 112 Å². The quantitative estimate of drug-likeness (QED) is 0.573. The van der Waals surface area contributed by atoms with Gasteiger partial charge in [-0.1, -0.05) is 0 Å². The summed E-state index contributed by atoms with van der Waals surface area (Å²) in [5.41, 5.74) is 1.66. The Kier molecular flexibility index (Phi) is 3.72. The zero-order chi connectivity index (χ0) is 14.1. The topological polar surface area (TPSA) is 110 Å². The summed E-state index contributed by atoms with van der Waals surface area (Å²) in [6, 6.07) is 0. The van der Waals surface area contributed by atoms with Crippen LogP contribution in [0.1, 0.15) is 13.8 Å². The lowest BCUT2D eigenvalue weighted by atomic mass is 10.1. The highest BCUT2D eigenvalue weighted by Crippen LogP contribution is 2.26. The SMILES string of the molecule is CC1(C)COCCN1S(=O)(=O)c1cnc(NN)nc1. The van der Waals surface area contributed by atoms with E-state index in [0.29, 0.717) is 19.8 Å². The molecule has 0 bridgehead atoms. The number of hydrazine groups is 1. The van der Waals surface area contributed by atoms with Crippen LogP contribution in [0.2, 0.25) is 0 Å². The minimum atomic E-state index is -3.63. The molecule has 0 radical (unpaired) electrons. The summed E-state index contributed by atoms with van der Waals surface area (Å²) in [6.45, 7) is 4.69. The summed E-state index contributed by atoms with van der Waals surface area (Å²) in [5, 5.41) is 0. The molecule has 1 saturated heterocycles. The third-order valence-electron chi connectivity index (χ3n) is 2.91. The first-order valence-electron chi connectivity index (χ1n) is 5.77. The molecule has 3 N–H and O–H groups in total. The number of aromatic nitrogens is 2. The van der Waals surface area contributed by atoms with Crippen molar-refractivity contribution in [2.45, 2.75) is 24.3 Å². The summed E-state index contributed by atoms with van der Waals surface area (Å²) in [6.07, 6.45) is 2.48. The summed E-state index contributed by atoms with van der Waals surface area (Å²) < 4.78 is 31.8. The van der Waals surface area contributed by atoms with E-state index in [1.54, 1.807) is 0 Å². The van der Waals surface area contributed by atoms with E-state index in [0.717, 1.165) is 0 Å². The molecule has 0 atom stereocenters. The number of nitrogens with two attached hydrogens (primary N) is 1. The van der Waals surface area contributed by atoms with Gasteiger partial charge in [0.15, 0.2) is 0 Å². The molecule has 2 heterocycles. The van der Waals surface area contributed by atoms with Crippen molar-refractivity contribution in [2.75, 3.05) is 25.2 Å². The van der Waals surface area contributed by atoms with E-state index < -0.39 is 15.6 Å². The van der Waals surface area contributed by atoms with Crippen LogP contribution in [-0.2, 0) is 14.8 Å². The average molecular weight is 287 g/mol. The second kappa shape index (κ2) is 5.00. The Balaban J connectivity index is 2.35. The van der Waals surface area contributed by atoms with Crippen LogP contribution in [0.25, 0.3) is 0 Å². The number of hydrogen-bond acceptors (Lipinski definition) is 7. The Morgan fingerprint density at radius 1 is 1.42 bits per heavy atom. The van der Waals surface area contributed by atoms with E-state index in [1.165, 1.54) is 16.7 Å². The highest BCUT2D eigenvalue weighted by atomic mass is 32.2. The predicted octanol–water partition coefficient (Wildman–Crippen LogP) is -0.438. The van der Waals surface area contributed by atoms with Gasteiger partial charge in [-0.3, -0.25) is 5.43 Å². The lowest BCUT2D eigenvalue weighted by Crippen LogP contribution is -2.55. The third kappa shape index (κ3) is 2.68. The Morgan fingerprint density at radius 2 is 2.05 bits per heavy atom. The van der Waals surface area contributed by atoms with Crippen LogP contribution >= 0.6 is 0 Å². The summed E-state index contributed by atoms with van der Waals surface area (Å²) in [7, 11) is -3.63. The zero-order valence-electron chi connectivity index (χ0n) is 10.8. The lowest BCUT2D eigenvalue weighted by Gasteiger charge is -2.40. The molecule has 0 spiro atoms. The number of hydrogen-bond donors (Lipinski definition) is 2. The number of anilines is 1. The number of nitrogens with zero attached hydrogens (tertiary/aromatic N) is 3. The number of morpholine rings is 1. The number of sulfonamides is 1. The Morgan fingerprint density at radius 3 is 2.58 bits per heavy atom. The summed E-state index contributed by atoms with van der Waals surface area (Å²) in [4.78, 5) is 7.69. The van der Waals surface area contributed by atoms with Gasteiger partial charge in [0.05, 0.1) is 31.1 Å². The normalized spacial score (nSPS) is 20.2. The molecule has 8 nitrogen and oxygen atoms in total. The van der Waals surface area contributed by atoms with Gasteiger partial charge in [0.1, 0.15) is 4.90 Å². The molecule has 2 rings (SSSR count). The van der Waals surface area contributed by atoms with Gasteiger partial charge in [-0.15, -0.1) is 0 Å². The maximum Gasteiger partial charge on any atom is 0.246 e. The minimum Gasteiger partial charge on any atom is -0.378 e. The highest BCUT2D eigenvalue weighted by Gasteiger charge is 2.40. The van der Waals surface area contributed by atoms with Crippen LogP contribution in [0, 0.1) is 0 Å². The Hall–Kier alpha value is -1.29. The van der Waals surface area contributed by atoms with E-state index in [1.807, 2.05) is 13.8 Å². The van der Waals surface area contributed by atoms with Crippen molar-refractivity contribution in [2.24, 2.45) is 5.84 Å². The molecule has 0 amide bonds. The van der Waals surface area contributed by atoms with Gasteiger partial charge >= 0.3 is 0 Å². The Bertz CT molecular complexity index is 543. The van der Waals surface area contributed by atoms with Gasteiger partial charge in [-0.25, -0.2) is 24.2 Å². The molecule has 0 aromatic carbocycles. The van der Waals surface area contributed by atoms with E-state index in [9.17, 15) is 8.42 Å². The van der Waals surface area contributed by atoms with Crippen LogP contribution in [0.15, 0.2) is 17.3 Å². The van der Waals surface area contributed by atoms with Crippen molar-refractivity contribution in [1.82, 2.24) is 14.3 Å². The van der Waals surface area contributed by atoms with Crippen molar-refractivity contribution in [3.05, 3.63) is 12.4 Å². The van der Waals surface area contributed by atoms with Gasteiger partial charge in [0.25, 0.3) is 0 Å². The molecule has 0 unspecified atom stereocenters. The van der Waals surface area contributed by atoms with Gasteiger partial charge in [-0.2, -0.15) is 4.31 Å². The lowest BCUT2D eigenvalue weighted by molar-refractivity contribution is -0.00772. The van der Waals surface area contributed by atoms with Crippen molar-refractivity contribution in [3.63, 3.8) is 0 Å². The fraction of sp³-hybridized carbons (Fsp3) is 0.600. The van der Waals surface area contributed by atoms with E-state index in [-0.39, 0.29) is 10.8 Å². The molecular formula is C10H17N5O3S. The maximum atomic E-state index is 12.5. The number of rotatable bonds is 3. The van der Waals surface area contributed by atoms with E-state index in [2.05, 4.69) is 15.4 Å². The molecule has 1 aliphatic heterocycles. The molecule has 106 valence electrons. The van der Waals surface area contributed by atoms with Gasteiger partial charge in [-0.05, 0) is 13.8 Å². The summed E-state index contributed by atoms with van der Waals surface area (Å²) >= 11 is 0. The van der Waals surface area contributed by atoms with Crippen LogP contribution < -0.4 is 11.3 Å². The first-order chi connectivity index (χ1) is 8.88. The number of nitrogen functional groups attached to an aromatic ring is 1. The molecule has 1 aromatic rings. The highest BCUT2D eigenvalue weighted by molar-refractivity contribution is 7.89. The van der Waals surface area contributed by atoms with Crippen LogP contribution in [0.3, 0.4) is 0 Å². The molecule has 0 aliphatic carbocycles. The number of ether oxygens (including phenoxy) is 1. The maximum absolute atomic E-state index is 12.5. The van der Waals surface area contributed by atoms with E-state index >= 15 is 0 Å². The second-order valence-corrected chi connectivity index (χ2v) is 6.69. The fourth-order valence-corrected chi connectivity index (χ4v) is 3.59. The van der Waals surface area contributed by atoms with Crippen LogP contribution in [0.4, 0.5) is 5.95 Å².